The molecule has 1 aliphatic carbocycles. The van der Waals surface area contributed by atoms with E-state index in [0.29, 0.717) is 5.56 Å². The highest BCUT2D eigenvalue weighted by molar-refractivity contribution is 5.94. The van der Waals surface area contributed by atoms with E-state index in [4.69, 9.17) is 9.47 Å². The van der Waals surface area contributed by atoms with Gasteiger partial charge in [0.05, 0.1) is 18.5 Å². The lowest BCUT2D eigenvalue weighted by Gasteiger charge is -2.28. The first-order valence-corrected chi connectivity index (χ1v) is 9.21. The molecule has 1 aromatic heterocycles. The number of aromatic nitrogens is 2. The van der Waals surface area contributed by atoms with Gasteiger partial charge in [-0.15, -0.1) is 0 Å². The predicted octanol–water partition coefficient (Wildman–Crippen LogP) is 3.52. The zero-order valence-electron chi connectivity index (χ0n) is 15.5. The van der Waals surface area contributed by atoms with Crippen molar-refractivity contribution in [3.05, 3.63) is 48.0 Å². The number of nitrogens with one attached hydrogen (secondary N) is 1. The van der Waals surface area contributed by atoms with Gasteiger partial charge in [-0.1, -0.05) is 0 Å². The molecule has 0 aliphatic heterocycles. The first-order chi connectivity index (χ1) is 13.0. The normalized spacial score (nSPS) is 19.6. The summed E-state index contributed by atoms with van der Waals surface area (Å²) in [5.74, 6) is 0.178. The number of rotatable bonds is 6. The smallest absolute Gasteiger partial charge is 0.316 e. The SMILES string of the molecule is CC(C)Oc1ccc(C(=O)NC2CCC(Oc3ncc(F)cn3)CC2)cc1. The number of carbonyl (C=O) groups is 1. The highest BCUT2D eigenvalue weighted by Crippen LogP contribution is 2.22. The first-order valence-electron chi connectivity index (χ1n) is 9.21. The lowest BCUT2D eigenvalue weighted by Crippen LogP contribution is -2.39. The average molecular weight is 373 g/mol. The molecular formula is C20H24FN3O3. The van der Waals surface area contributed by atoms with E-state index in [1.165, 1.54) is 0 Å². The van der Waals surface area contributed by atoms with Crippen LogP contribution in [-0.4, -0.2) is 34.1 Å². The number of carbonyl (C=O) groups excluding carboxylic acids is 1. The van der Waals surface area contributed by atoms with Crippen LogP contribution in [0.3, 0.4) is 0 Å². The molecule has 6 nitrogen and oxygen atoms in total. The number of ether oxygens (including phenoxy) is 2. The summed E-state index contributed by atoms with van der Waals surface area (Å²) < 4.78 is 24.1. The summed E-state index contributed by atoms with van der Waals surface area (Å²) in [6.07, 6.45) is 5.45. The van der Waals surface area contributed by atoms with Gasteiger partial charge < -0.3 is 14.8 Å². The Kier molecular flexibility index (Phi) is 6.21. The summed E-state index contributed by atoms with van der Waals surface area (Å²) in [5.41, 5.74) is 0.615. The molecule has 0 radical (unpaired) electrons. The molecule has 1 fully saturated rings. The van der Waals surface area contributed by atoms with Crippen LogP contribution in [-0.2, 0) is 0 Å². The fourth-order valence-corrected chi connectivity index (χ4v) is 3.06. The molecule has 0 spiro atoms. The van der Waals surface area contributed by atoms with Crippen LogP contribution >= 0.6 is 0 Å². The van der Waals surface area contributed by atoms with Crippen molar-refractivity contribution in [2.45, 2.75) is 57.8 Å². The number of nitrogens with zero attached hydrogens (tertiary/aromatic N) is 2. The Hall–Kier alpha value is -2.70. The lowest BCUT2D eigenvalue weighted by atomic mass is 9.92. The van der Waals surface area contributed by atoms with Crippen LogP contribution in [0.2, 0.25) is 0 Å². The van der Waals surface area contributed by atoms with Gasteiger partial charge >= 0.3 is 6.01 Å². The highest BCUT2D eigenvalue weighted by atomic mass is 19.1. The second kappa shape index (κ2) is 8.79. The Morgan fingerprint density at radius 1 is 1.11 bits per heavy atom. The molecule has 1 amide bonds. The van der Waals surface area contributed by atoms with Crippen molar-refractivity contribution in [2.75, 3.05) is 0 Å². The van der Waals surface area contributed by atoms with E-state index in [0.717, 1.165) is 43.8 Å². The molecule has 1 saturated carbocycles. The van der Waals surface area contributed by atoms with Crippen molar-refractivity contribution in [1.29, 1.82) is 0 Å². The van der Waals surface area contributed by atoms with Gasteiger partial charge in [-0.25, -0.2) is 14.4 Å². The fourth-order valence-electron chi connectivity index (χ4n) is 3.06. The van der Waals surface area contributed by atoms with E-state index in [9.17, 15) is 9.18 Å². The van der Waals surface area contributed by atoms with Crippen LogP contribution in [0.5, 0.6) is 11.8 Å². The van der Waals surface area contributed by atoms with E-state index in [1.807, 2.05) is 26.0 Å². The maximum atomic E-state index is 12.8. The summed E-state index contributed by atoms with van der Waals surface area (Å²) in [6.45, 7) is 3.92. The van der Waals surface area contributed by atoms with Gasteiger partial charge in [-0.2, -0.15) is 0 Å². The van der Waals surface area contributed by atoms with Crippen molar-refractivity contribution >= 4 is 5.91 Å². The van der Waals surface area contributed by atoms with E-state index in [2.05, 4.69) is 15.3 Å². The van der Waals surface area contributed by atoms with Crippen LogP contribution < -0.4 is 14.8 Å². The van der Waals surface area contributed by atoms with Crippen molar-refractivity contribution in [1.82, 2.24) is 15.3 Å². The average Bonchev–Trinajstić information content (AvgIpc) is 2.65. The molecule has 27 heavy (non-hydrogen) atoms. The molecule has 2 aromatic rings. The molecule has 0 unspecified atom stereocenters. The summed E-state index contributed by atoms with van der Waals surface area (Å²) >= 11 is 0. The third-order valence-corrected chi connectivity index (χ3v) is 4.37. The topological polar surface area (TPSA) is 73.3 Å². The molecule has 0 atom stereocenters. The third-order valence-electron chi connectivity index (χ3n) is 4.37. The molecule has 7 heteroatoms. The largest absolute Gasteiger partial charge is 0.491 e. The quantitative estimate of drug-likeness (QED) is 0.839. The summed E-state index contributed by atoms with van der Waals surface area (Å²) in [7, 11) is 0. The van der Waals surface area contributed by atoms with Gasteiger partial charge in [0.1, 0.15) is 11.9 Å². The van der Waals surface area contributed by atoms with Crippen LogP contribution in [0.15, 0.2) is 36.7 Å². The molecule has 1 aromatic carbocycles. The zero-order valence-corrected chi connectivity index (χ0v) is 15.5. The van der Waals surface area contributed by atoms with Gasteiger partial charge in [0.25, 0.3) is 5.91 Å². The molecule has 3 rings (SSSR count). The maximum Gasteiger partial charge on any atom is 0.316 e. The van der Waals surface area contributed by atoms with Crippen molar-refractivity contribution in [2.24, 2.45) is 0 Å². The Balaban J connectivity index is 1.45. The lowest BCUT2D eigenvalue weighted by molar-refractivity contribution is 0.0885. The van der Waals surface area contributed by atoms with Crippen LogP contribution in [0.1, 0.15) is 49.9 Å². The van der Waals surface area contributed by atoms with Crippen molar-refractivity contribution < 1.29 is 18.7 Å². The van der Waals surface area contributed by atoms with Crippen LogP contribution in [0.4, 0.5) is 4.39 Å². The number of amides is 1. The predicted molar refractivity (Wildman–Crippen MR) is 98.3 cm³/mol. The molecule has 0 saturated heterocycles. The van der Waals surface area contributed by atoms with Gasteiger partial charge in [0.2, 0.25) is 0 Å². The van der Waals surface area contributed by atoms with Gasteiger partial charge in [0, 0.05) is 11.6 Å². The van der Waals surface area contributed by atoms with E-state index < -0.39 is 5.82 Å². The summed E-state index contributed by atoms with van der Waals surface area (Å²) in [5, 5.41) is 3.07. The van der Waals surface area contributed by atoms with Crippen LogP contribution in [0.25, 0.3) is 0 Å². The number of halogens is 1. The monoisotopic (exact) mass is 373 g/mol. The van der Waals surface area contributed by atoms with Crippen molar-refractivity contribution in [3.63, 3.8) is 0 Å². The Labute approximate surface area is 158 Å². The highest BCUT2D eigenvalue weighted by Gasteiger charge is 2.24. The zero-order chi connectivity index (χ0) is 19.2. The minimum absolute atomic E-state index is 0.0175. The van der Waals surface area contributed by atoms with Gasteiger partial charge in [0.15, 0.2) is 5.82 Å². The van der Waals surface area contributed by atoms with E-state index in [1.54, 1.807) is 12.1 Å². The summed E-state index contributed by atoms with van der Waals surface area (Å²) in [6, 6.07) is 7.46. The Bertz CT molecular complexity index is 742. The molecule has 1 N–H and O–H groups in total. The molecule has 1 heterocycles. The third kappa shape index (κ3) is 5.64. The van der Waals surface area contributed by atoms with E-state index >= 15 is 0 Å². The second-order valence-electron chi connectivity index (χ2n) is 6.94. The fraction of sp³-hybridized carbons (Fsp3) is 0.450. The minimum Gasteiger partial charge on any atom is -0.491 e. The molecule has 1 aliphatic rings. The van der Waals surface area contributed by atoms with Crippen molar-refractivity contribution in [3.8, 4) is 11.8 Å². The van der Waals surface area contributed by atoms with Crippen LogP contribution in [0, 0.1) is 5.82 Å². The van der Waals surface area contributed by atoms with Gasteiger partial charge in [-0.3, -0.25) is 4.79 Å². The minimum atomic E-state index is -0.488. The molecule has 144 valence electrons. The second-order valence-corrected chi connectivity index (χ2v) is 6.94. The molecule has 0 bridgehead atoms. The Morgan fingerprint density at radius 3 is 2.33 bits per heavy atom. The maximum absolute atomic E-state index is 12.8. The Morgan fingerprint density at radius 2 is 1.74 bits per heavy atom. The van der Waals surface area contributed by atoms with E-state index in [-0.39, 0.29) is 30.2 Å². The molecular weight excluding hydrogens is 349 g/mol. The first kappa shape index (κ1) is 19.1. The van der Waals surface area contributed by atoms with Gasteiger partial charge in [-0.05, 0) is 63.8 Å². The summed E-state index contributed by atoms with van der Waals surface area (Å²) in [4.78, 5) is 20.0. The standard InChI is InChI=1S/C20H24FN3O3/c1-13(2)26-17-7-3-14(4-8-17)19(25)24-16-5-9-18(10-6-16)27-20-22-11-15(21)12-23-20/h3-4,7-8,11-13,16,18H,5-6,9-10H2,1-2H3,(H,24,25). The number of hydrogen-bond donors (Lipinski definition) is 1. The number of benzene rings is 1. The number of hydrogen-bond acceptors (Lipinski definition) is 5.